The van der Waals surface area contributed by atoms with Crippen molar-refractivity contribution in [3.8, 4) is 0 Å². The molecule has 2 aromatic rings. The minimum Gasteiger partial charge on any atom is -0.371 e. The standard InChI is InChI=1S/C19H19Cl2FN2O/c20-17-6-1-13(9-18(17)21)10-19(25)23-11-14-7-8-24(12-14)16-4-2-15(22)3-5-16/h1-6,9,14H,7-8,10-12H2,(H,23,25). The van der Waals surface area contributed by atoms with Crippen molar-refractivity contribution in [2.75, 3.05) is 24.5 Å². The summed E-state index contributed by atoms with van der Waals surface area (Å²) < 4.78 is 13.0. The molecule has 0 aliphatic carbocycles. The second-order valence-corrected chi connectivity index (χ2v) is 7.12. The van der Waals surface area contributed by atoms with E-state index >= 15 is 0 Å². The molecule has 1 heterocycles. The first-order valence-corrected chi connectivity index (χ1v) is 8.98. The highest BCUT2D eigenvalue weighted by atomic mass is 35.5. The monoisotopic (exact) mass is 380 g/mol. The van der Waals surface area contributed by atoms with Gasteiger partial charge in [0.25, 0.3) is 0 Å². The molecule has 132 valence electrons. The number of carbonyl (C=O) groups is 1. The Morgan fingerprint density at radius 2 is 1.92 bits per heavy atom. The van der Waals surface area contributed by atoms with Crippen LogP contribution in [-0.2, 0) is 11.2 Å². The van der Waals surface area contributed by atoms with Crippen LogP contribution in [0.25, 0.3) is 0 Å². The highest BCUT2D eigenvalue weighted by molar-refractivity contribution is 6.42. The number of nitrogens with one attached hydrogen (secondary N) is 1. The lowest BCUT2D eigenvalue weighted by atomic mass is 10.1. The first-order chi connectivity index (χ1) is 12.0. The van der Waals surface area contributed by atoms with E-state index in [1.54, 1.807) is 30.3 Å². The molecule has 2 aromatic carbocycles. The maximum Gasteiger partial charge on any atom is 0.224 e. The van der Waals surface area contributed by atoms with Crippen LogP contribution < -0.4 is 10.2 Å². The molecule has 0 saturated carbocycles. The SMILES string of the molecule is O=C(Cc1ccc(Cl)c(Cl)c1)NCC1CCN(c2ccc(F)cc2)C1. The summed E-state index contributed by atoms with van der Waals surface area (Å²) in [6.07, 6.45) is 1.29. The highest BCUT2D eigenvalue weighted by Crippen LogP contribution is 2.24. The van der Waals surface area contributed by atoms with Crippen LogP contribution in [-0.4, -0.2) is 25.5 Å². The molecule has 0 spiro atoms. The molecule has 1 saturated heterocycles. The number of carbonyl (C=O) groups excluding carboxylic acids is 1. The van der Waals surface area contributed by atoms with E-state index in [9.17, 15) is 9.18 Å². The maximum atomic E-state index is 13.0. The Kier molecular flexibility index (Phi) is 5.82. The minimum atomic E-state index is -0.228. The van der Waals surface area contributed by atoms with E-state index in [1.807, 2.05) is 0 Å². The molecule has 0 bridgehead atoms. The van der Waals surface area contributed by atoms with E-state index < -0.39 is 0 Å². The van der Waals surface area contributed by atoms with E-state index in [0.717, 1.165) is 30.8 Å². The number of anilines is 1. The van der Waals surface area contributed by atoms with Crippen molar-refractivity contribution in [1.29, 1.82) is 0 Å². The number of hydrogen-bond acceptors (Lipinski definition) is 2. The molecule has 1 amide bonds. The molecule has 1 atom stereocenters. The van der Waals surface area contributed by atoms with Crippen LogP contribution in [0, 0.1) is 11.7 Å². The fourth-order valence-corrected chi connectivity index (χ4v) is 3.36. The van der Waals surface area contributed by atoms with Gasteiger partial charge in [-0.2, -0.15) is 0 Å². The van der Waals surface area contributed by atoms with Crippen molar-refractivity contribution in [3.05, 3.63) is 63.9 Å². The second-order valence-electron chi connectivity index (χ2n) is 6.31. The molecule has 1 aliphatic rings. The third kappa shape index (κ3) is 4.86. The quantitative estimate of drug-likeness (QED) is 0.837. The van der Waals surface area contributed by atoms with Crippen LogP contribution in [0.4, 0.5) is 10.1 Å². The predicted molar refractivity (Wildman–Crippen MR) is 99.9 cm³/mol. The van der Waals surface area contributed by atoms with Gasteiger partial charge in [0, 0.05) is 25.3 Å². The zero-order valence-electron chi connectivity index (χ0n) is 13.6. The molecule has 0 aromatic heterocycles. The summed E-state index contributed by atoms with van der Waals surface area (Å²) in [5.74, 6) is 0.135. The van der Waals surface area contributed by atoms with Gasteiger partial charge in [-0.3, -0.25) is 4.79 Å². The Bertz CT molecular complexity index is 752. The van der Waals surface area contributed by atoms with Crippen LogP contribution in [0.1, 0.15) is 12.0 Å². The van der Waals surface area contributed by atoms with Gasteiger partial charge in [0.2, 0.25) is 5.91 Å². The number of amides is 1. The van der Waals surface area contributed by atoms with Crippen molar-refractivity contribution in [2.24, 2.45) is 5.92 Å². The zero-order chi connectivity index (χ0) is 17.8. The third-order valence-electron chi connectivity index (χ3n) is 4.41. The minimum absolute atomic E-state index is 0.0291. The van der Waals surface area contributed by atoms with Crippen molar-refractivity contribution < 1.29 is 9.18 Å². The maximum absolute atomic E-state index is 13.0. The summed E-state index contributed by atoms with van der Waals surface area (Å²) in [6.45, 7) is 2.41. The topological polar surface area (TPSA) is 32.3 Å². The van der Waals surface area contributed by atoms with Gasteiger partial charge in [-0.1, -0.05) is 29.3 Å². The molecular formula is C19H19Cl2FN2O. The van der Waals surface area contributed by atoms with Crippen LogP contribution in [0.2, 0.25) is 10.0 Å². The molecule has 0 radical (unpaired) electrons. The Morgan fingerprint density at radius 3 is 2.64 bits per heavy atom. The molecule has 3 rings (SSSR count). The van der Waals surface area contributed by atoms with Crippen molar-refractivity contribution in [2.45, 2.75) is 12.8 Å². The van der Waals surface area contributed by atoms with Gasteiger partial charge in [0.1, 0.15) is 5.82 Å². The van der Waals surface area contributed by atoms with Crippen molar-refractivity contribution in [3.63, 3.8) is 0 Å². The van der Waals surface area contributed by atoms with E-state index in [-0.39, 0.29) is 18.1 Å². The molecule has 1 fully saturated rings. The van der Waals surface area contributed by atoms with Crippen molar-refractivity contribution in [1.82, 2.24) is 5.32 Å². The Morgan fingerprint density at radius 1 is 1.16 bits per heavy atom. The molecule has 25 heavy (non-hydrogen) atoms. The van der Waals surface area contributed by atoms with E-state index in [1.165, 1.54) is 12.1 Å². The van der Waals surface area contributed by atoms with Crippen LogP contribution in [0.3, 0.4) is 0 Å². The van der Waals surface area contributed by atoms with Gasteiger partial charge < -0.3 is 10.2 Å². The molecule has 3 nitrogen and oxygen atoms in total. The average Bonchev–Trinajstić information content (AvgIpc) is 3.06. The zero-order valence-corrected chi connectivity index (χ0v) is 15.2. The van der Waals surface area contributed by atoms with Crippen LogP contribution in [0.5, 0.6) is 0 Å². The Hall–Kier alpha value is -1.78. The highest BCUT2D eigenvalue weighted by Gasteiger charge is 2.23. The summed E-state index contributed by atoms with van der Waals surface area (Å²) in [5, 5.41) is 3.93. The van der Waals surface area contributed by atoms with Gasteiger partial charge in [-0.25, -0.2) is 4.39 Å². The summed E-state index contributed by atoms with van der Waals surface area (Å²) in [5.41, 5.74) is 1.86. The fourth-order valence-electron chi connectivity index (χ4n) is 3.04. The second kappa shape index (κ2) is 8.07. The lowest BCUT2D eigenvalue weighted by molar-refractivity contribution is -0.120. The third-order valence-corrected chi connectivity index (χ3v) is 5.15. The molecule has 6 heteroatoms. The smallest absolute Gasteiger partial charge is 0.224 e. The van der Waals surface area contributed by atoms with Crippen molar-refractivity contribution >= 4 is 34.8 Å². The number of nitrogens with zero attached hydrogens (tertiary/aromatic N) is 1. The van der Waals surface area contributed by atoms with E-state index in [0.29, 0.717) is 22.5 Å². The number of halogens is 3. The molecular weight excluding hydrogens is 362 g/mol. The predicted octanol–water partition coefficient (Wildman–Crippen LogP) is 4.32. The summed E-state index contributed by atoms with van der Waals surface area (Å²) >= 11 is 11.8. The normalized spacial score (nSPS) is 16.9. The largest absolute Gasteiger partial charge is 0.371 e. The number of hydrogen-bond donors (Lipinski definition) is 1. The number of benzene rings is 2. The van der Waals surface area contributed by atoms with Gasteiger partial charge >= 0.3 is 0 Å². The van der Waals surface area contributed by atoms with E-state index in [2.05, 4.69) is 10.2 Å². The van der Waals surface area contributed by atoms with Gasteiger partial charge in [-0.05, 0) is 54.3 Å². The lowest BCUT2D eigenvalue weighted by Crippen LogP contribution is -2.32. The lowest BCUT2D eigenvalue weighted by Gasteiger charge is -2.18. The Balaban J connectivity index is 1.46. The molecule has 1 unspecified atom stereocenters. The van der Waals surface area contributed by atoms with Crippen LogP contribution in [0.15, 0.2) is 42.5 Å². The van der Waals surface area contributed by atoms with Gasteiger partial charge in [-0.15, -0.1) is 0 Å². The molecule has 1 N–H and O–H groups in total. The van der Waals surface area contributed by atoms with Crippen LogP contribution >= 0.6 is 23.2 Å². The molecule has 1 aliphatic heterocycles. The Labute approximate surface area is 156 Å². The van der Waals surface area contributed by atoms with Gasteiger partial charge in [0.15, 0.2) is 0 Å². The first kappa shape index (κ1) is 18.0. The summed E-state index contributed by atoms with van der Waals surface area (Å²) in [4.78, 5) is 14.3. The van der Waals surface area contributed by atoms with E-state index in [4.69, 9.17) is 23.2 Å². The summed E-state index contributed by atoms with van der Waals surface area (Å²) in [7, 11) is 0. The first-order valence-electron chi connectivity index (χ1n) is 8.22. The fraction of sp³-hybridized carbons (Fsp3) is 0.316. The summed E-state index contributed by atoms with van der Waals surface area (Å²) in [6, 6.07) is 11.8. The number of rotatable bonds is 5. The van der Waals surface area contributed by atoms with Gasteiger partial charge in [0.05, 0.1) is 16.5 Å². The average molecular weight is 381 g/mol.